The lowest BCUT2D eigenvalue weighted by atomic mass is 10.1. The van der Waals surface area contributed by atoms with Gasteiger partial charge in [-0.3, -0.25) is 4.68 Å². The SMILES string of the molecule is CC(C)(CO)NCc1ccn(C2CCCC2)n1. The van der Waals surface area contributed by atoms with Crippen LogP contribution in [0.15, 0.2) is 12.3 Å². The van der Waals surface area contributed by atoms with Gasteiger partial charge in [0.1, 0.15) is 0 Å². The highest BCUT2D eigenvalue weighted by Gasteiger charge is 2.19. The fourth-order valence-corrected chi connectivity index (χ4v) is 2.23. The van der Waals surface area contributed by atoms with Crippen molar-refractivity contribution in [3.63, 3.8) is 0 Å². The van der Waals surface area contributed by atoms with E-state index in [1.807, 2.05) is 13.8 Å². The number of aliphatic hydroxyl groups excluding tert-OH is 1. The highest BCUT2D eigenvalue weighted by Crippen LogP contribution is 2.28. The third-order valence-electron chi connectivity index (χ3n) is 3.51. The van der Waals surface area contributed by atoms with Crippen molar-refractivity contribution in [2.75, 3.05) is 6.61 Å². The molecule has 2 N–H and O–H groups in total. The van der Waals surface area contributed by atoms with E-state index in [0.717, 1.165) is 5.69 Å². The topological polar surface area (TPSA) is 50.1 Å². The molecule has 1 aliphatic carbocycles. The van der Waals surface area contributed by atoms with Crippen LogP contribution in [-0.4, -0.2) is 27.0 Å². The van der Waals surface area contributed by atoms with Gasteiger partial charge in [-0.15, -0.1) is 0 Å². The minimum Gasteiger partial charge on any atom is -0.394 e. The molecular weight excluding hydrogens is 214 g/mol. The molecule has 0 unspecified atom stereocenters. The molecule has 0 aromatic carbocycles. The molecule has 1 saturated carbocycles. The summed E-state index contributed by atoms with van der Waals surface area (Å²) >= 11 is 0. The van der Waals surface area contributed by atoms with E-state index in [9.17, 15) is 0 Å². The zero-order chi connectivity index (χ0) is 12.3. The molecule has 0 saturated heterocycles. The van der Waals surface area contributed by atoms with Gasteiger partial charge < -0.3 is 10.4 Å². The van der Waals surface area contributed by atoms with E-state index < -0.39 is 0 Å². The second-order valence-electron chi connectivity index (χ2n) is 5.62. The van der Waals surface area contributed by atoms with E-state index in [-0.39, 0.29) is 12.1 Å². The number of nitrogens with one attached hydrogen (secondary N) is 1. The fraction of sp³-hybridized carbons (Fsp3) is 0.769. The number of nitrogens with zero attached hydrogens (tertiary/aromatic N) is 2. The van der Waals surface area contributed by atoms with Crippen LogP contribution in [-0.2, 0) is 6.54 Å². The summed E-state index contributed by atoms with van der Waals surface area (Å²) in [6.07, 6.45) is 7.26. The maximum Gasteiger partial charge on any atom is 0.0762 e. The van der Waals surface area contributed by atoms with Crippen LogP contribution in [0.1, 0.15) is 51.3 Å². The zero-order valence-electron chi connectivity index (χ0n) is 10.8. The van der Waals surface area contributed by atoms with Crippen molar-refractivity contribution in [1.82, 2.24) is 15.1 Å². The zero-order valence-corrected chi connectivity index (χ0v) is 10.8. The van der Waals surface area contributed by atoms with Gasteiger partial charge in [0, 0.05) is 18.3 Å². The molecule has 0 aliphatic heterocycles. The van der Waals surface area contributed by atoms with Crippen molar-refractivity contribution in [2.24, 2.45) is 0 Å². The van der Waals surface area contributed by atoms with Crippen LogP contribution in [0.4, 0.5) is 0 Å². The Morgan fingerprint density at radius 2 is 2.18 bits per heavy atom. The summed E-state index contributed by atoms with van der Waals surface area (Å²) in [5.74, 6) is 0. The van der Waals surface area contributed by atoms with Crippen LogP contribution >= 0.6 is 0 Å². The second kappa shape index (κ2) is 5.19. The molecule has 0 amide bonds. The Morgan fingerprint density at radius 1 is 1.47 bits per heavy atom. The first kappa shape index (κ1) is 12.6. The predicted octanol–water partition coefficient (Wildman–Crippen LogP) is 1.86. The highest BCUT2D eigenvalue weighted by atomic mass is 16.3. The molecule has 0 radical (unpaired) electrons. The molecule has 96 valence electrons. The lowest BCUT2D eigenvalue weighted by molar-refractivity contribution is 0.187. The van der Waals surface area contributed by atoms with E-state index in [4.69, 9.17) is 5.11 Å². The Hall–Kier alpha value is -0.870. The molecule has 0 bridgehead atoms. The number of hydrogen-bond acceptors (Lipinski definition) is 3. The van der Waals surface area contributed by atoms with Gasteiger partial charge >= 0.3 is 0 Å². The van der Waals surface area contributed by atoms with Crippen molar-refractivity contribution < 1.29 is 5.11 Å². The van der Waals surface area contributed by atoms with Crippen molar-refractivity contribution in [2.45, 2.75) is 57.7 Å². The molecule has 4 nitrogen and oxygen atoms in total. The summed E-state index contributed by atoms with van der Waals surface area (Å²) in [7, 11) is 0. The van der Waals surface area contributed by atoms with E-state index in [2.05, 4.69) is 27.4 Å². The van der Waals surface area contributed by atoms with Gasteiger partial charge in [-0.25, -0.2) is 0 Å². The van der Waals surface area contributed by atoms with Gasteiger partial charge in [0.05, 0.1) is 18.3 Å². The smallest absolute Gasteiger partial charge is 0.0762 e. The summed E-state index contributed by atoms with van der Waals surface area (Å²) < 4.78 is 2.11. The maximum atomic E-state index is 9.16. The molecule has 1 aromatic rings. The largest absolute Gasteiger partial charge is 0.394 e. The number of aromatic nitrogens is 2. The molecule has 0 atom stereocenters. The van der Waals surface area contributed by atoms with Gasteiger partial charge in [-0.05, 0) is 32.8 Å². The van der Waals surface area contributed by atoms with Gasteiger partial charge in [0.2, 0.25) is 0 Å². The van der Waals surface area contributed by atoms with Gasteiger partial charge in [0.15, 0.2) is 0 Å². The monoisotopic (exact) mass is 237 g/mol. The van der Waals surface area contributed by atoms with Crippen LogP contribution in [0.5, 0.6) is 0 Å². The standard InChI is InChI=1S/C13H23N3O/c1-13(2,10-17)14-9-11-7-8-16(15-11)12-5-3-4-6-12/h7-8,12,14,17H,3-6,9-10H2,1-2H3. The quantitative estimate of drug-likeness (QED) is 0.822. The van der Waals surface area contributed by atoms with Crippen molar-refractivity contribution in [3.8, 4) is 0 Å². The molecule has 1 heterocycles. The molecule has 2 rings (SSSR count). The fourth-order valence-electron chi connectivity index (χ4n) is 2.23. The number of rotatable bonds is 5. The summed E-state index contributed by atoms with van der Waals surface area (Å²) in [4.78, 5) is 0. The summed E-state index contributed by atoms with van der Waals surface area (Å²) in [6, 6.07) is 2.67. The Morgan fingerprint density at radius 3 is 2.82 bits per heavy atom. The van der Waals surface area contributed by atoms with E-state index >= 15 is 0 Å². The Kier molecular flexibility index (Phi) is 3.84. The molecular formula is C13H23N3O. The molecule has 17 heavy (non-hydrogen) atoms. The van der Waals surface area contributed by atoms with E-state index in [1.54, 1.807) is 0 Å². The molecule has 1 fully saturated rings. The average Bonchev–Trinajstić information content (AvgIpc) is 2.97. The minimum absolute atomic E-state index is 0.135. The molecule has 0 spiro atoms. The van der Waals surface area contributed by atoms with E-state index in [0.29, 0.717) is 12.6 Å². The number of hydrogen-bond donors (Lipinski definition) is 2. The minimum atomic E-state index is -0.239. The average molecular weight is 237 g/mol. The maximum absolute atomic E-state index is 9.16. The molecule has 4 heteroatoms. The lowest BCUT2D eigenvalue weighted by Gasteiger charge is -2.22. The number of aliphatic hydroxyl groups is 1. The molecule has 1 aromatic heterocycles. The first-order chi connectivity index (χ1) is 8.11. The predicted molar refractivity (Wildman–Crippen MR) is 67.7 cm³/mol. The highest BCUT2D eigenvalue weighted by molar-refractivity contribution is 5.01. The van der Waals surface area contributed by atoms with Crippen molar-refractivity contribution in [1.29, 1.82) is 0 Å². The summed E-state index contributed by atoms with van der Waals surface area (Å²) in [5.41, 5.74) is 0.815. The van der Waals surface area contributed by atoms with Crippen LogP contribution in [0.3, 0.4) is 0 Å². The lowest BCUT2D eigenvalue weighted by Crippen LogP contribution is -2.42. The van der Waals surface area contributed by atoms with Crippen molar-refractivity contribution in [3.05, 3.63) is 18.0 Å². The Labute approximate surface area is 103 Å². The summed E-state index contributed by atoms with van der Waals surface area (Å²) in [6.45, 7) is 4.82. The van der Waals surface area contributed by atoms with Crippen LogP contribution in [0.25, 0.3) is 0 Å². The summed E-state index contributed by atoms with van der Waals surface area (Å²) in [5, 5.41) is 17.1. The van der Waals surface area contributed by atoms with Crippen LogP contribution in [0.2, 0.25) is 0 Å². The van der Waals surface area contributed by atoms with Crippen molar-refractivity contribution >= 4 is 0 Å². The Balaban J connectivity index is 1.90. The molecule has 1 aliphatic rings. The third kappa shape index (κ3) is 3.30. The van der Waals surface area contributed by atoms with Gasteiger partial charge in [-0.2, -0.15) is 5.10 Å². The van der Waals surface area contributed by atoms with Gasteiger partial charge in [0.25, 0.3) is 0 Å². The third-order valence-corrected chi connectivity index (χ3v) is 3.51. The second-order valence-corrected chi connectivity index (χ2v) is 5.62. The Bertz CT molecular complexity index is 353. The van der Waals surface area contributed by atoms with E-state index in [1.165, 1.54) is 25.7 Å². The first-order valence-corrected chi connectivity index (χ1v) is 6.51. The normalized spacial score (nSPS) is 17.8. The van der Waals surface area contributed by atoms with Gasteiger partial charge in [-0.1, -0.05) is 12.8 Å². The van der Waals surface area contributed by atoms with Crippen LogP contribution in [0, 0.1) is 0 Å². The van der Waals surface area contributed by atoms with Crippen LogP contribution < -0.4 is 5.32 Å². The first-order valence-electron chi connectivity index (χ1n) is 6.51.